The zero-order valence-electron chi connectivity index (χ0n) is 11.4. The maximum atomic E-state index is 5.90. The summed E-state index contributed by atoms with van der Waals surface area (Å²) in [6.07, 6.45) is 4.12. The van der Waals surface area contributed by atoms with E-state index in [0.717, 1.165) is 24.2 Å². The zero-order valence-corrected chi connectivity index (χ0v) is 11.4. The standard InChI is InChI=1S/C18H20O/c1-3-16-11-13-18(14-12-16)19-15(2)9-10-17-7-5-4-6-8-17/h3-8,11-15H,1,9-10H2,2H3. The van der Waals surface area contributed by atoms with Crippen molar-refractivity contribution in [1.29, 1.82) is 0 Å². The van der Waals surface area contributed by atoms with Crippen LogP contribution in [0.4, 0.5) is 0 Å². The second kappa shape index (κ2) is 6.79. The first-order valence-electron chi connectivity index (χ1n) is 6.71. The molecule has 0 aliphatic rings. The molecule has 0 bridgehead atoms. The normalized spacial score (nSPS) is 11.8. The molecule has 0 heterocycles. The molecule has 2 rings (SSSR count). The fourth-order valence-corrected chi connectivity index (χ4v) is 1.99. The monoisotopic (exact) mass is 252 g/mol. The van der Waals surface area contributed by atoms with E-state index in [0.29, 0.717) is 0 Å². The van der Waals surface area contributed by atoms with Crippen LogP contribution in [0.2, 0.25) is 0 Å². The zero-order chi connectivity index (χ0) is 13.5. The number of hydrogen-bond acceptors (Lipinski definition) is 1. The Morgan fingerprint density at radius 2 is 1.74 bits per heavy atom. The van der Waals surface area contributed by atoms with Gasteiger partial charge in [-0.2, -0.15) is 0 Å². The van der Waals surface area contributed by atoms with E-state index >= 15 is 0 Å². The lowest BCUT2D eigenvalue weighted by Crippen LogP contribution is -2.12. The Hall–Kier alpha value is -2.02. The summed E-state index contributed by atoms with van der Waals surface area (Å²) in [6, 6.07) is 18.6. The van der Waals surface area contributed by atoms with Gasteiger partial charge in [0.05, 0.1) is 6.10 Å². The minimum atomic E-state index is 0.217. The lowest BCUT2D eigenvalue weighted by molar-refractivity contribution is 0.211. The summed E-state index contributed by atoms with van der Waals surface area (Å²) in [5.74, 6) is 0.922. The fourth-order valence-electron chi connectivity index (χ4n) is 1.99. The molecular formula is C18H20O. The van der Waals surface area contributed by atoms with Crippen molar-refractivity contribution in [2.75, 3.05) is 0 Å². The van der Waals surface area contributed by atoms with Gasteiger partial charge < -0.3 is 4.74 Å². The van der Waals surface area contributed by atoms with E-state index in [9.17, 15) is 0 Å². The fraction of sp³-hybridized carbons (Fsp3) is 0.222. The van der Waals surface area contributed by atoms with Gasteiger partial charge in [-0.05, 0) is 43.0 Å². The summed E-state index contributed by atoms with van der Waals surface area (Å²) < 4.78 is 5.90. The first kappa shape index (κ1) is 13.4. The summed E-state index contributed by atoms with van der Waals surface area (Å²) >= 11 is 0. The molecule has 0 fully saturated rings. The van der Waals surface area contributed by atoms with Crippen LogP contribution in [-0.4, -0.2) is 6.10 Å². The Morgan fingerprint density at radius 3 is 2.37 bits per heavy atom. The number of ether oxygens (including phenoxy) is 1. The Kier molecular flexibility index (Phi) is 4.79. The lowest BCUT2D eigenvalue weighted by Gasteiger charge is -2.14. The van der Waals surface area contributed by atoms with Crippen molar-refractivity contribution in [2.24, 2.45) is 0 Å². The molecule has 0 aliphatic heterocycles. The molecule has 1 atom stereocenters. The molecule has 0 saturated carbocycles. The van der Waals surface area contributed by atoms with Gasteiger partial charge in [0, 0.05) is 0 Å². The van der Waals surface area contributed by atoms with Gasteiger partial charge in [0.25, 0.3) is 0 Å². The predicted octanol–water partition coefficient (Wildman–Crippen LogP) is 4.73. The van der Waals surface area contributed by atoms with Gasteiger partial charge in [-0.1, -0.05) is 55.1 Å². The lowest BCUT2D eigenvalue weighted by atomic mass is 10.1. The van der Waals surface area contributed by atoms with Crippen molar-refractivity contribution >= 4 is 6.08 Å². The van der Waals surface area contributed by atoms with Crippen LogP contribution in [0.1, 0.15) is 24.5 Å². The van der Waals surface area contributed by atoms with Gasteiger partial charge in [-0.25, -0.2) is 0 Å². The Labute approximate surface area is 115 Å². The summed E-state index contributed by atoms with van der Waals surface area (Å²) in [6.45, 7) is 5.86. The number of benzene rings is 2. The van der Waals surface area contributed by atoms with Crippen molar-refractivity contribution in [3.63, 3.8) is 0 Å². The third kappa shape index (κ3) is 4.29. The first-order chi connectivity index (χ1) is 9.28. The molecule has 0 aromatic heterocycles. The van der Waals surface area contributed by atoms with E-state index < -0.39 is 0 Å². The predicted molar refractivity (Wildman–Crippen MR) is 81.4 cm³/mol. The van der Waals surface area contributed by atoms with Crippen LogP contribution < -0.4 is 4.74 Å². The van der Waals surface area contributed by atoms with Gasteiger partial charge in [0.2, 0.25) is 0 Å². The molecule has 19 heavy (non-hydrogen) atoms. The van der Waals surface area contributed by atoms with Gasteiger partial charge in [0.15, 0.2) is 0 Å². The van der Waals surface area contributed by atoms with Crippen molar-refractivity contribution in [1.82, 2.24) is 0 Å². The Morgan fingerprint density at radius 1 is 1.05 bits per heavy atom. The molecule has 98 valence electrons. The third-order valence-electron chi connectivity index (χ3n) is 3.14. The molecule has 0 radical (unpaired) electrons. The van der Waals surface area contributed by atoms with Crippen molar-refractivity contribution in [3.05, 3.63) is 72.3 Å². The minimum Gasteiger partial charge on any atom is -0.491 e. The van der Waals surface area contributed by atoms with Crippen LogP contribution in [-0.2, 0) is 6.42 Å². The van der Waals surface area contributed by atoms with E-state index in [2.05, 4.69) is 37.8 Å². The number of rotatable bonds is 6. The highest BCUT2D eigenvalue weighted by atomic mass is 16.5. The average molecular weight is 252 g/mol. The maximum Gasteiger partial charge on any atom is 0.119 e. The van der Waals surface area contributed by atoms with Crippen molar-refractivity contribution in [2.45, 2.75) is 25.9 Å². The summed E-state index contributed by atoms with van der Waals surface area (Å²) in [4.78, 5) is 0. The van der Waals surface area contributed by atoms with E-state index in [-0.39, 0.29) is 6.10 Å². The highest BCUT2D eigenvalue weighted by Crippen LogP contribution is 2.16. The van der Waals surface area contributed by atoms with Crippen LogP contribution >= 0.6 is 0 Å². The summed E-state index contributed by atoms with van der Waals surface area (Å²) in [7, 11) is 0. The molecular weight excluding hydrogens is 232 g/mol. The van der Waals surface area contributed by atoms with Gasteiger partial charge in [-0.15, -0.1) is 0 Å². The molecule has 2 aromatic carbocycles. The van der Waals surface area contributed by atoms with E-state index in [1.165, 1.54) is 5.56 Å². The van der Waals surface area contributed by atoms with Gasteiger partial charge in [-0.3, -0.25) is 0 Å². The van der Waals surface area contributed by atoms with Crippen molar-refractivity contribution in [3.8, 4) is 5.75 Å². The molecule has 1 unspecified atom stereocenters. The second-order valence-corrected chi connectivity index (χ2v) is 4.73. The first-order valence-corrected chi connectivity index (χ1v) is 6.71. The highest BCUT2D eigenvalue weighted by Gasteiger charge is 2.04. The number of hydrogen-bond donors (Lipinski definition) is 0. The van der Waals surface area contributed by atoms with Crippen LogP contribution in [0, 0.1) is 0 Å². The largest absolute Gasteiger partial charge is 0.491 e. The molecule has 2 aromatic rings. The summed E-state index contributed by atoms with van der Waals surface area (Å²) in [5.41, 5.74) is 2.48. The summed E-state index contributed by atoms with van der Waals surface area (Å²) in [5, 5.41) is 0. The molecule has 1 heteroatoms. The smallest absolute Gasteiger partial charge is 0.119 e. The average Bonchev–Trinajstić information content (AvgIpc) is 2.47. The topological polar surface area (TPSA) is 9.23 Å². The Bertz CT molecular complexity index is 499. The SMILES string of the molecule is C=Cc1ccc(OC(C)CCc2ccccc2)cc1. The van der Waals surface area contributed by atoms with Crippen LogP contribution in [0.5, 0.6) is 5.75 Å². The van der Waals surface area contributed by atoms with Crippen molar-refractivity contribution < 1.29 is 4.74 Å². The molecule has 0 amide bonds. The molecule has 0 spiro atoms. The maximum absolute atomic E-state index is 5.90. The minimum absolute atomic E-state index is 0.217. The van der Waals surface area contributed by atoms with Crippen LogP contribution in [0.3, 0.4) is 0 Å². The molecule has 0 saturated heterocycles. The highest BCUT2D eigenvalue weighted by molar-refractivity contribution is 5.48. The molecule has 0 N–H and O–H groups in total. The van der Waals surface area contributed by atoms with Crippen LogP contribution in [0.25, 0.3) is 6.08 Å². The Balaban J connectivity index is 1.83. The van der Waals surface area contributed by atoms with Gasteiger partial charge >= 0.3 is 0 Å². The molecule has 0 aliphatic carbocycles. The van der Waals surface area contributed by atoms with E-state index in [1.807, 2.05) is 36.4 Å². The van der Waals surface area contributed by atoms with E-state index in [1.54, 1.807) is 0 Å². The van der Waals surface area contributed by atoms with Crippen LogP contribution in [0.15, 0.2) is 61.2 Å². The third-order valence-corrected chi connectivity index (χ3v) is 3.14. The number of aryl methyl sites for hydroxylation is 1. The van der Waals surface area contributed by atoms with Gasteiger partial charge in [0.1, 0.15) is 5.75 Å². The second-order valence-electron chi connectivity index (χ2n) is 4.73. The quantitative estimate of drug-likeness (QED) is 0.722. The van der Waals surface area contributed by atoms with E-state index in [4.69, 9.17) is 4.74 Å². The molecule has 1 nitrogen and oxygen atoms in total.